The Morgan fingerprint density at radius 2 is 1.52 bits per heavy atom. The molecule has 111 valence electrons. The van der Waals surface area contributed by atoms with E-state index in [1.165, 1.54) is 0 Å². The summed E-state index contributed by atoms with van der Waals surface area (Å²) in [4.78, 5) is 3.52. The Morgan fingerprint density at radius 3 is 2.05 bits per heavy atom. The van der Waals surface area contributed by atoms with Crippen LogP contribution in [-0.2, 0) is 12.4 Å². The molecule has 2 aromatic rings. The summed E-state index contributed by atoms with van der Waals surface area (Å²) >= 11 is 0. The Hall–Kier alpha value is -2.25. The summed E-state index contributed by atoms with van der Waals surface area (Å²) in [5.41, 5.74) is -1.97. The van der Waals surface area contributed by atoms with Crippen molar-refractivity contribution < 1.29 is 31.1 Å². The highest BCUT2D eigenvalue weighted by molar-refractivity contribution is 5.32. The zero-order valence-electron chi connectivity index (χ0n) is 10.1. The van der Waals surface area contributed by atoms with Gasteiger partial charge in [0.25, 0.3) is 0 Å². The average Bonchev–Trinajstić information content (AvgIpc) is 2.37. The van der Waals surface area contributed by atoms with E-state index in [1.807, 2.05) is 6.07 Å². The number of hydrogen-bond acceptors (Lipinski definition) is 2. The van der Waals surface area contributed by atoms with Crippen molar-refractivity contribution in [2.45, 2.75) is 12.4 Å². The molecule has 0 unspecified atom stereocenters. The largest absolute Gasteiger partial charge is 0.439 e. The summed E-state index contributed by atoms with van der Waals surface area (Å²) < 4.78 is 79.4. The average molecular weight is 306 g/mol. The summed E-state index contributed by atoms with van der Waals surface area (Å²) in [6, 6.07) is 6.01. The van der Waals surface area contributed by atoms with Crippen molar-refractivity contribution in [2.24, 2.45) is 0 Å². The summed E-state index contributed by atoms with van der Waals surface area (Å²) in [5.74, 6) is -0.448. The van der Waals surface area contributed by atoms with Gasteiger partial charge in [0.15, 0.2) is 0 Å². The first-order valence-corrected chi connectivity index (χ1v) is 5.46. The highest BCUT2D eigenvalue weighted by Gasteiger charge is 2.32. The van der Waals surface area contributed by atoms with Gasteiger partial charge in [-0.05, 0) is 24.3 Å². The minimum Gasteiger partial charge on any atom is -0.439 e. The molecule has 2 rings (SSSR count). The molecule has 1 aromatic carbocycles. The lowest BCUT2D eigenvalue weighted by Crippen LogP contribution is -2.06. The van der Waals surface area contributed by atoms with Gasteiger partial charge in [0.1, 0.15) is 5.75 Å². The minimum absolute atomic E-state index is 0.0603. The van der Waals surface area contributed by atoms with Crippen LogP contribution in [-0.4, -0.2) is 4.98 Å². The van der Waals surface area contributed by atoms with Gasteiger partial charge in [0.05, 0.1) is 11.1 Å². The number of pyridine rings is 1. The van der Waals surface area contributed by atoms with Crippen molar-refractivity contribution in [3.8, 4) is 11.6 Å². The van der Waals surface area contributed by atoms with Gasteiger partial charge in [-0.3, -0.25) is 0 Å². The van der Waals surface area contributed by atoms with E-state index in [0.29, 0.717) is 6.07 Å². The Bertz CT molecular complexity index is 618. The molecule has 0 fully saturated rings. The maximum Gasteiger partial charge on any atom is 0.417 e. The molecular formula is C13H6F6NO. The maximum absolute atomic E-state index is 12.5. The van der Waals surface area contributed by atoms with Gasteiger partial charge < -0.3 is 4.74 Å². The fourth-order valence-corrected chi connectivity index (χ4v) is 1.42. The molecule has 0 bridgehead atoms. The van der Waals surface area contributed by atoms with Crippen LogP contribution in [0.25, 0.3) is 0 Å². The van der Waals surface area contributed by atoms with Gasteiger partial charge in [-0.25, -0.2) is 4.98 Å². The van der Waals surface area contributed by atoms with E-state index in [0.717, 1.165) is 30.5 Å². The van der Waals surface area contributed by atoms with Crippen molar-refractivity contribution >= 4 is 0 Å². The molecule has 0 saturated heterocycles. The third-order valence-corrected chi connectivity index (χ3v) is 2.39. The number of aromatic nitrogens is 1. The van der Waals surface area contributed by atoms with Crippen LogP contribution in [0.5, 0.6) is 11.6 Å². The van der Waals surface area contributed by atoms with Gasteiger partial charge in [-0.2, -0.15) is 26.3 Å². The summed E-state index contributed by atoms with van der Waals surface area (Å²) in [6.07, 6.45) is -8.33. The van der Waals surface area contributed by atoms with Gasteiger partial charge in [-0.15, -0.1) is 0 Å². The van der Waals surface area contributed by atoms with Crippen LogP contribution < -0.4 is 4.74 Å². The van der Waals surface area contributed by atoms with Crippen LogP contribution in [0.2, 0.25) is 0 Å². The van der Waals surface area contributed by atoms with E-state index >= 15 is 0 Å². The van der Waals surface area contributed by atoms with E-state index in [9.17, 15) is 26.3 Å². The molecule has 1 heterocycles. The van der Waals surface area contributed by atoms with Crippen LogP contribution >= 0.6 is 0 Å². The third kappa shape index (κ3) is 3.87. The SMILES string of the molecule is FC(F)(F)c1[c]cnc(Oc2ccc(C(F)(F)F)cc2)c1. The van der Waals surface area contributed by atoms with E-state index in [1.54, 1.807) is 0 Å². The lowest BCUT2D eigenvalue weighted by molar-refractivity contribution is -0.138. The predicted octanol–water partition coefficient (Wildman–Crippen LogP) is 4.71. The van der Waals surface area contributed by atoms with Crippen molar-refractivity contribution in [3.05, 3.63) is 53.7 Å². The molecule has 2 nitrogen and oxygen atoms in total. The maximum atomic E-state index is 12.5. The van der Waals surface area contributed by atoms with Crippen molar-refractivity contribution in [2.75, 3.05) is 0 Å². The summed E-state index contributed by atoms with van der Waals surface area (Å²) in [6.45, 7) is 0. The fraction of sp³-hybridized carbons (Fsp3) is 0.154. The molecule has 0 spiro atoms. The summed E-state index contributed by atoms with van der Waals surface area (Å²) in [5, 5.41) is 0. The Kier molecular flexibility index (Phi) is 3.80. The molecule has 0 aliphatic heterocycles. The van der Waals surface area contributed by atoms with Crippen molar-refractivity contribution in [3.63, 3.8) is 0 Å². The highest BCUT2D eigenvalue weighted by Crippen LogP contribution is 2.33. The number of alkyl halides is 6. The first-order chi connectivity index (χ1) is 9.66. The molecule has 1 radical (unpaired) electrons. The molecule has 0 aliphatic carbocycles. The van der Waals surface area contributed by atoms with Crippen LogP contribution in [0.4, 0.5) is 26.3 Å². The number of nitrogens with zero attached hydrogens (tertiary/aromatic N) is 1. The zero-order valence-corrected chi connectivity index (χ0v) is 10.1. The fourth-order valence-electron chi connectivity index (χ4n) is 1.42. The van der Waals surface area contributed by atoms with Gasteiger partial charge in [-0.1, -0.05) is 0 Å². The van der Waals surface area contributed by atoms with Crippen LogP contribution in [0.15, 0.2) is 36.5 Å². The first kappa shape index (κ1) is 15.1. The molecule has 0 saturated carbocycles. The molecule has 21 heavy (non-hydrogen) atoms. The van der Waals surface area contributed by atoms with Gasteiger partial charge >= 0.3 is 12.4 Å². The zero-order chi connectivity index (χ0) is 15.7. The molecular weight excluding hydrogens is 300 g/mol. The Labute approximate surface area is 115 Å². The first-order valence-electron chi connectivity index (χ1n) is 5.46. The van der Waals surface area contributed by atoms with E-state index in [2.05, 4.69) is 4.98 Å². The molecule has 0 aliphatic rings. The van der Waals surface area contributed by atoms with E-state index < -0.39 is 23.5 Å². The second kappa shape index (κ2) is 5.27. The van der Waals surface area contributed by atoms with Gasteiger partial charge in [0, 0.05) is 18.3 Å². The Balaban J connectivity index is 2.19. The Morgan fingerprint density at radius 1 is 0.905 bits per heavy atom. The standard InChI is InChI=1S/C13H6F6NO/c14-12(15,16)8-1-3-10(4-2-8)21-11-7-9(5-6-20-11)13(17,18)19/h1-4,6-7H. The highest BCUT2D eigenvalue weighted by atomic mass is 19.4. The number of benzene rings is 1. The third-order valence-electron chi connectivity index (χ3n) is 2.39. The van der Waals surface area contributed by atoms with Crippen LogP contribution in [0.1, 0.15) is 11.1 Å². The quantitative estimate of drug-likeness (QED) is 0.750. The second-order valence-electron chi connectivity index (χ2n) is 3.92. The number of rotatable bonds is 2. The number of ether oxygens (including phenoxy) is 1. The lowest BCUT2D eigenvalue weighted by atomic mass is 10.2. The normalized spacial score (nSPS) is 12.3. The van der Waals surface area contributed by atoms with E-state index in [-0.39, 0.29) is 11.6 Å². The van der Waals surface area contributed by atoms with E-state index in [4.69, 9.17) is 4.74 Å². The molecule has 8 heteroatoms. The molecule has 0 N–H and O–H groups in total. The molecule has 0 amide bonds. The number of halogens is 6. The molecule has 0 atom stereocenters. The lowest BCUT2D eigenvalue weighted by Gasteiger charge is -2.10. The van der Waals surface area contributed by atoms with Crippen molar-refractivity contribution in [1.29, 1.82) is 0 Å². The minimum atomic E-state index is -4.61. The van der Waals surface area contributed by atoms with Gasteiger partial charge in [0.2, 0.25) is 5.88 Å². The summed E-state index contributed by atoms with van der Waals surface area (Å²) in [7, 11) is 0. The number of hydrogen-bond donors (Lipinski definition) is 0. The smallest absolute Gasteiger partial charge is 0.417 e. The monoisotopic (exact) mass is 306 g/mol. The van der Waals surface area contributed by atoms with Crippen LogP contribution in [0.3, 0.4) is 0 Å². The predicted molar refractivity (Wildman–Crippen MR) is 59.6 cm³/mol. The second-order valence-corrected chi connectivity index (χ2v) is 3.92. The van der Waals surface area contributed by atoms with Crippen LogP contribution in [0, 0.1) is 6.07 Å². The van der Waals surface area contributed by atoms with Crippen molar-refractivity contribution in [1.82, 2.24) is 4.98 Å². The molecule has 1 aromatic heterocycles. The topological polar surface area (TPSA) is 22.1 Å².